The molecule has 1 amide bonds. The fraction of sp³-hybridized carbons (Fsp3) is 0.529. The standard InChI is InChI=1S/C16H25N3O2S.C6H12.C6H6.3C2H2/c1-11-18-14(10-21-2)15(22-11)12-8-17-9-13(12)16(20)19-6-4-3-5-7-19;2*1-2-4-6-5-3-1;3*1-2/h12-13,17H,3-10H2,1-2H3;1-6H2;1-6H;3*1-2H/p+1/t12-,13?;;;;;/m1...../s1. The molecule has 3 fully saturated rings. The Kier molecular flexibility index (Phi) is 23.0. The molecule has 1 unspecified atom stereocenters. The molecule has 6 heteroatoms. The number of hydrogen-bond donors (Lipinski definition) is 1. The molecule has 40 heavy (non-hydrogen) atoms. The molecule has 3 heterocycles. The summed E-state index contributed by atoms with van der Waals surface area (Å²) in [5, 5.41) is 3.35. The van der Waals surface area contributed by atoms with E-state index in [4.69, 9.17) is 4.74 Å². The van der Waals surface area contributed by atoms with Gasteiger partial charge in [-0.15, -0.1) is 49.9 Å². The van der Waals surface area contributed by atoms with E-state index in [9.17, 15) is 4.79 Å². The number of quaternary nitrogens is 1. The van der Waals surface area contributed by atoms with Crippen LogP contribution in [0.1, 0.15) is 79.3 Å². The van der Waals surface area contributed by atoms with Crippen molar-refractivity contribution in [1.82, 2.24) is 9.88 Å². The van der Waals surface area contributed by atoms with E-state index in [-0.39, 0.29) is 5.92 Å². The van der Waals surface area contributed by atoms with Crippen molar-refractivity contribution in [2.45, 2.75) is 77.2 Å². The van der Waals surface area contributed by atoms with Gasteiger partial charge in [-0.05, 0) is 26.2 Å². The highest BCUT2D eigenvalue weighted by Crippen LogP contribution is 2.34. The molecule has 0 bridgehead atoms. The quantitative estimate of drug-likeness (QED) is 0.488. The number of hydrogen-bond acceptors (Lipinski definition) is 4. The van der Waals surface area contributed by atoms with Gasteiger partial charge in [0.2, 0.25) is 5.91 Å². The Hall–Kier alpha value is -3.08. The van der Waals surface area contributed by atoms with E-state index in [0.29, 0.717) is 18.4 Å². The average Bonchev–Trinajstić information content (AvgIpc) is 3.69. The second-order valence-corrected chi connectivity index (χ2v) is 10.8. The van der Waals surface area contributed by atoms with E-state index in [1.165, 1.54) is 49.8 Å². The molecule has 1 aliphatic carbocycles. The number of benzene rings is 1. The van der Waals surface area contributed by atoms with Gasteiger partial charge in [0.1, 0.15) is 5.92 Å². The zero-order chi connectivity index (χ0) is 30.0. The number of carbonyl (C=O) groups is 1. The van der Waals surface area contributed by atoms with Gasteiger partial charge in [0, 0.05) is 25.1 Å². The van der Waals surface area contributed by atoms with Crippen molar-refractivity contribution in [3.05, 3.63) is 52.0 Å². The summed E-state index contributed by atoms with van der Waals surface area (Å²) < 4.78 is 5.29. The summed E-state index contributed by atoms with van der Waals surface area (Å²) in [5.41, 5.74) is 1.03. The first-order valence-electron chi connectivity index (χ1n) is 14.3. The summed E-state index contributed by atoms with van der Waals surface area (Å²) in [6.07, 6.45) is 36.6. The summed E-state index contributed by atoms with van der Waals surface area (Å²) in [4.78, 5) is 20.9. The predicted molar refractivity (Wildman–Crippen MR) is 170 cm³/mol. The topological polar surface area (TPSA) is 59.0 Å². The fourth-order valence-corrected chi connectivity index (χ4v) is 6.27. The molecule has 2 aliphatic heterocycles. The van der Waals surface area contributed by atoms with Crippen molar-refractivity contribution in [3.63, 3.8) is 0 Å². The maximum atomic E-state index is 12.9. The lowest BCUT2D eigenvalue weighted by Gasteiger charge is -2.29. The van der Waals surface area contributed by atoms with Gasteiger partial charge < -0.3 is 15.0 Å². The molecule has 5 rings (SSSR count). The molecule has 0 spiro atoms. The number of rotatable bonds is 4. The first kappa shape index (κ1) is 36.9. The third-order valence-electron chi connectivity index (χ3n) is 6.93. The first-order chi connectivity index (χ1) is 19.7. The summed E-state index contributed by atoms with van der Waals surface area (Å²) in [7, 11) is 1.70. The van der Waals surface area contributed by atoms with Crippen LogP contribution < -0.4 is 5.32 Å². The average molecular weight is 565 g/mol. The number of nitrogens with zero attached hydrogens (tertiary/aromatic N) is 2. The zero-order valence-electron chi connectivity index (χ0n) is 24.7. The van der Waals surface area contributed by atoms with Gasteiger partial charge in [0.15, 0.2) is 0 Å². The van der Waals surface area contributed by atoms with Crippen LogP contribution in [-0.2, 0) is 16.1 Å². The zero-order valence-corrected chi connectivity index (χ0v) is 25.5. The number of aromatic nitrogens is 1. The molecule has 1 saturated carbocycles. The minimum absolute atomic E-state index is 0.105. The van der Waals surface area contributed by atoms with Gasteiger partial charge in [-0.1, -0.05) is 74.9 Å². The van der Waals surface area contributed by atoms with Crippen LogP contribution in [0.15, 0.2) is 36.4 Å². The Labute approximate surface area is 248 Å². The normalized spacial score (nSPS) is 19.1. The van der Waals surface area contributed by atoms with E-state index < -0.39 is 0 Å². The summed E-state index contributed by atoms with van der Waals surface area (Å²) in [6.45, 7) is 6.35. The number of amides is 1. The molecule has 1 aromatic carbocycles. The fourth-order valence-electron chi connectivity index (χ4n) is 5.16. The summed E-state index contributed by atoms with van der Waals surface area (Å²) >= 11 is 1.74. The molecule has 0 radical (unpaired) electrons. The third-order valence-corrected chi connectivity index (χ3v) is 8.08. The molecule has 2 aromatic rings. The number of methoxy groups -OCH3 is 1. The monoisotopic (exact) mass is 564 g/mol. The number of terminal acetylenes is 3. The van der Waals surface area contributed by atoms with Crippen LogP contribution >= 0.6 is 11.3 Å². The van der Waals surface area contributed by atoms with Gasteiger partial charge in [-0.2, -0.15) is 0 Å². The SMILES string of the molecule is C#C.C#C.C#C.C1CCCCC1.COCc1nc(C)sc1[C@@H]1C[NH2+]CC1C(=O)N1CCCCC1.c1ccccc1. The lowest BCUT2D eigenvalue weighted by Crippen LogP contribution is -2.81. The van der Waals surface area contributed by atoms with E-state index in [1.54, 1.807) is 18.4 Å². The Bertz CT molecular complexity index is 889. The van der Waals surface area contributed by atoms with E-state index in [2.05, 4.69) is 53.7 Å². The maximum absolute atomic E-state index is 12.9. The predicted octanol–water partition coefficient (Wildman–Crippen LogP) is 5.66. The number of likely N-dealkylation sites (tertiary alicyclic amines) is 1. The van der Waals surface area contributed by atoms with Crippen LogP contribution in [-0.4, -0.2) is 49.1 Å². The van der Waals surface area contributed by atoms with Gasteiger partial charge in [0.05, 0.1) is 36.3 Å². The Balaban J connectivity index is 0.000000688. The third kappa shape index (κ3) is 13.8. The Morgan fingerprint density at radius 3 is 1.75 bits per heavy atom. The lowest BCUT2D eigenvalue weighted by atomic mass is 9.91. The van der Waals surface area contributed by atoms with Crippen molar-refractivity contribution in [2.24, 2.45) is 5.92 Å². The van der Waals surface area contributed by atoms with Crippen LogP contribution in [0.4, 0.5) is 0 Å². The van der Waals surface area contributed by atoms with E-state index in [0.717, 1.165) is 49.7 Å². The molecular formula is C34H50N3O2S+. The van der Waals surface area contributed by atoms with Crippen LogP contribution in [0.2, 0.25) is 0 Å². The molecule has 2 saturated heterocycles. The van der Waals surface area contributed by atoms with Crippen LogP contribution in [0.3, 0.4) is 0 Å². The highest BCUT2D eigenvalue weighted by atomic mass is 32.1. The second-order valence-electron chi connectivity index (χ2n) is 9.61. The minimum Gasteiger partial charge on any atom is -0.378 e. The summed E-state index contributed by atoms with van der Waals surface area (Å²) in [5.74, 6) is 0.757. The Morgan fingerprint density at radius 2 is 1.30 bits per heavy atom. The van der Waals surface area contributed by atoms with Crippen LogP contribution in [0, 0.1) is 51.4 Å². The van der Waals surface area contributed by atoms with Crippen molar-refractivity contribution in [3.8, 4) is 38.5 Å². The Morgan fingerprint density at radius 1 is 0.850 bits per heavy atom. The smallest absolute Gasteiger partial charge is 0.232 e. The number of ether oxygens (including phenoxy) is 1. The van der Waals surface area contributed by atoms with Crippen LogP contribution in [0.25, 0.3) is 0 Å². The summed E-state index contributed by atoms with van der Waals surface area (Å²) in [6, 6.07) is 12.0. The second kappa shape index (κ2) is 24.9. The number of piperidine rings is 1. The van der Waals surface area contributed by atoms with Crippen molar-refractivity contribution in [1.29, 1.82) is 0 Å². The molecule has 3 aliphatic rings. The highest BCUT2D eigenvalue weighted by Gasteiger charge is 2.41. The lowest BCUT2D eigenvalue weighted by molar-refractivity contribution is -0.638. The van der Waals surface area contributed by atoms with Crippen molar-refractivity contribution in [2.75, 3.05) is 33.3 Å². The van der Waals surface area contributed by atoms with E-state index in [1.807, 2.05) is 43.3 Å². The number of carbonyl (C=O) groups excluding carboxylic acids is 1. The largest absolute Gasteiger partial charge is 0.378 e. The molecule has 218 valence electrons. The van der Waals surface area contributed by atoms with Crippen LogP contribution in [0.5, 0.6) is 0 Å². The van der Waals surface area contributed by atoms with E-state index >= 15 is 0 Å². The number of thiazole rings is 1. The maximum Gasteiger partial charge on any atom is 0.232 e. The molecule has 2 N–H and O–H groups in total. The molecule has 1 aromatic heterocycles. The van der Waals surface area contributed by atoms with Gasteiger partial charge in [-0.25, -0.2) is 4.98 Å². The van der Waals surface area contributed by atoms with Crippen molar-refractivity contribution < 1.29 is 14.8 Å². The van der Waals surface area contributed by atoms with Crippen molar-refractivity contribution >= 4 is 17.2 Å². The molecule has 2 atom stereocenters. The molecular weight excluding hydrogens is 514 g/mol. The first-order valence-corrected chi connectivity index (χ1v) is 15.1. The number of nitrogens with two attached hydrogens (primary N) is 1. The number of aryl methyl sites for hydroxylation is 1. The van der Waals surface area contributed by atoms with Gasteiger partial charge in [-0.3, -0.25) is 4.79 Å². The van der Waals surface area contributed by atoms with Gasteiger partial charge in [0.25, 0.3) is 0 Å². The minimum atomic E-state index is 0.105. The highest BCUT2D eigenvalue weighted by molar-refractivity contribution is 7.11. The van der Waals surface area contributed by atoms with Gasteiger partial charge >= 0.3 is 0 Å². The molecule has 5 nitrogen and oxygen atoms in total.